The SMILES string of the molecule is CC(Br)CC(C)C1CCC(C)CC1. The van der Waals surface area contributed by atoms with Crippen molar-refractivity contribution in [1.29, 1.82) is 0 Å². The first kappa shape index (κ1) is 11.6. The molecule has 0 nitrogen and oxygen atoms in total. The lowest BCUT2D eigenvalue weighted by atomic mass is 9.76. The van der Waals surface area contributed by atoms with Crippen molar-refractivity contribution < 1.29 is 0 Å². The van der Waals surface area contributed by atoms with E-state index in [0.29, 0.717) is 4.83 Å². The monoisotopic (exact) mass is 246 g/mol. The maximum absolute atomic E-state index is 3.65. The van der Waals surface area contributed by atoms with E-state index in [4.69, 9.17) is 0 Å². The molecule has 0 aromatic rings. The minimum Gasteiger partial charge on any atom is -0.0894 e. The molecule has 1 fully saturated rings. The molecule has 1 heteroatoms. The summed E-state index contributed by atoms with van der Waals surface area (Å²) in [6.07, 6.45) is 7.22. The van der Waals surface area contributed by atoms with Crippen LogP contribution in [0.25, 0.3) is 0 Å². The van der Waals surface area contributed by atoms with Crippen molar-refractivity contribution in [3.8, 4) is 0 Å². The van der Waals surface area contributed by atoms with Crippen molar-refractivity contribution in [1.82, 2.24) is 0 Å². The highest BCUT2D eigenvalue weighted by molar-refractivity contribution is 9.09. The topological polar surface area (TPSA) is 0 Å². The lowest BCUT2D eigenvalue weighted by Crippen LogP contribution is -2.20. The van der Waals surface area contributed by atoms with Gasteiger partial charge in [0.1, 0.15) is 0 Å². The normalized spacial score (nSPS) is 34.2. The summed E-state index contributed by atoms with van der Waals surface area (Å²) in [5.74, 6) is 2.92. The number of alkyl halides is 1. The fraction of sp³-hybridized carbons (Fsp3) is 1.00. The van der Waals surface area contributed by atoms with Crippen LogP contribution in [-0.4, -0.2) is 4.83 Å². The highest BCUT2D eigenvalue weighted by Gasteiger charge is 2.23. The number of rotatable bonds is 3. The molecule has 0 N–H and O–H groups in total. The Hall–Kier alpha value is 0.480. The van der Waals surface area contributed by atoms with Gasteiger partial charge in [0.25, 0.3) is 0 Å². The van der Waals surface area contributed by atoms with Crippen molar-refractivity contribution in [2.75, 3.05) is 0 Å². The summed E-state index contributed by atoms with van der Waals surface area (Å²) in [6.45, 7) is 7.09. The molecule has 2 atom stereocenters. The van der Waals surface area contributed by atoms with Crippen LogP contribution in [0.3, 0.4) is 0 Å². The second-order valence-electron chi connectivity index (χ2n) is 5.01. The summed E-state index contributed by atoms with van der Waals surface area (Å²) in [7, 11) is 0. The Balaban J connectivity index is 2.27. The van der Waals surface area contributed by atoms with E-state index in [9.17, 15) is 0 Å². The fourth-order valence-corrected chi connectivity index (χ4v) is 3.15. The number of halogens is 1. The van der Waals surface area contributed by atoms with Crippen LogP contribution < -0.4 is 0 Å². The van der Waals surface area contributed by atoms with E-state index in [0.717, 1.165) is 17.8 Å². The first-order valence-corrected chi connectivity index (χ1v) is 6.65. The molecule has 0 amide bonds. The number of hydrogen-bond donors (Lipinski definition) is 0. The van der Waals surface area contributed by atoms with Crippen LogP contribution in [0.1, 0.15) is 52.9 Å². The minimum absolute atomic E-state index is 0.696. The number of hydrogen-bond acceptors (Lipinski definition) is 0. The zero-order chi connectivity index (χ0) is 9.84. The minimum atomic E-state index is 0.696. The van der Waals surface area contributed by atoms with Gasteiger partial charge in [-0.15, -0.1) is 0 Å². The van der Waals surface area contributed by atoms with Crippen molar-refractivity contribution in [3.05, 3.63) is 0 Å². The predicted octanol–water partition coefficient (Wildman–Crippen LogP) is 4.62. The van der Waals surface area contributed by atoms with Gasteiger partial charge < -0.3 is 0 Å². The van der Waals surface area contributed by atoms with Gasteiger partial charge in [-0.05, 0) is 37.0 Å². The van der Waals surface area contributed by atoms with Crippen LogP contribution in [0, 0.1) is 17.8 Å². The van der Waals surface area contributed by atoms with E-state index in [1.54, 1.807) is 0 Å². The zero-order valence-corrected chi connectivity index (χ0v) is 10.8. The van der Waals surface area contributed by atoms with Gasteiger partial charge in [0, 0.05) is 4.83 Å². The Labute approximate surface area is 91.6 Å². The van der Waals surface area contributed by atoms with Gasteiger partial charge in [0.2, 0.25) is 0 Å². The molecule has 78 valence electrons. The summed E-state index contributed by atoms with van der Waals surface area (Å²) in [6, 6.07) is 0. The Kier molecular flexibility index (Phi) is 4.78. The molecule has 0 saturated heterocycles. The van der Waals surface area contributed by atoms with E-state index in [1.165, 1.54) is 32.1 Å². The summed E-state index contributed by atoms with van der Waals surface area (Å²) < 4.78 is 0. The Morgan fingerprint density at radius 1 is 1.15 bits per heavy atom. The van der Waals surface area contributed by atoms with Crippen LogP contribution >= 0.6 is 15.9 Å². The van der Waals surface area contributed by atoms with Gasteiger partial charge in [-0.1, -0.05) is 49.5 Å². The molecule has 1 aliphatic rings. The molecule has 1 saturated carbocycles. The lowest BCUT2D eigenvalue weighted by Gasteiger charge is -2.31. The molecule has 0 aromatic heterocycles. The first-order valence-electron chi connectivity index (χ1n) is 5.73. The van der Waals surface area contributed by atoms with Gasteiger partial charge in [-0.25, -0.2) is 0 Å². The molecular weight excluding hydrogens is 224 g/mol. The molecule has 0 heterocycles. The van der Waals surface area contributed by atoms with Crippen molar-refractivity contribution >= 4 is 15.9 Å². The molecule has 13 heavy (non-hydrogen) atoms. The van der Waals surface area contributed by atoms with Crippen LogP contribution in [0.4, 0.5) is 0 Å². The van der Waals surface area contributed by atoms with Crippen LogP contribution in [0.2, 0.25) is 0 Å². The van der Waals surface area contributed by atoms with Gasteiger partial charge >= 0.3 is 0 Å². The molecular formula is C12H23Br. The molecule has 1 aliphatic carbocycles. The van der Waals surface area contributed by atoms with Crippen LogP contribution in [-0.2, 0) is 0 Å². The maximum atomic E-state index is 3.65. The van der Waals surface area contributed by atoms with Crippen LogP contribution in [0.15, 0.2) is 0 Å². The molecule has 0 spiro atoms. The van der Waals surface area contributed by atoms with Gasteiger partial charge in [0.15, 0.2) is 0 Å². The predicted molar refractivity (Wildman–Crippen MR) is 63.3 cm³/mol. The van der Waals surface area contributed by atoms with E-state index >= 15 is 0 Å². The fourth-order valence-electron chi connectivity index (χ4n) is 2.56. The third-order valence-corrected chi connectivity index (χ3v) is 3.94. The largest absolute Gasteiger partial charge is 0.0894 e. The lowest BCUT2D eigenvalue weighted by molar-refractivity contribution is 0.216. The highest BCUT2D eigenvalue weighted by Crippen LogP contribution is 2.35. The Morgan fingerprint density at radius 2 is 1.69 bits per heavy atom. The van der Waals surface area contributed by atoms with E-state index in [1.807, 2.05) is 0 Å². The molecule has 0 aromatic carbocycles. The molecule has 0 bridgehead atoms. The summed E-state index contributed by atoms with van der Waals surface area (Å²) in [4.78, 5) is 0.696. The average molecular weight is 247 g/mol. The van der Waals surface area contributed by atoms with Gasteiger partial charge in [-0.3, -0.25) is 0 Å². The first-order chi connectivity index (χ1) is 6.09. The third-order valence-electron chi connectivity index (χ3n) is 3.56. The smallest absolute Gasteiger partial charge is 0.0120 e. The Bertz CT molecular complexity index is 134. The zero-order valence-electron chi connectivity index (χ0n) is 9.22. The second-order valence-corrected chi connectivity index (χ2v) is 6.58. The van der Waals surface area contributed by atoms with E-state index in [-0.39, 0.29) is 0 Å². The third kappa shape index (κ3) is 4.01. The van der Waals surface area contributed by atoms with Crippen molar-refractivity contribution in [2.24, 2.45) is 17.8 Å². The standard InChI is InChI=1S/C12H23Br/c1-9-4-6-12(7-5-9)10(2)8-11(3)13/h9-12H,4-8H2,1-3H3. The van der Waals surface area contributed by atoms with Crippen molar-refractivity contribution in [3.63, 3.8) is 0 Å². The molecule has 2 unspecified atom stereocenters. The average Bonchev–Trinajstić information content (AvgIpc) is 2.04. The summed E-state index contributed by atoms with van der Waals surface area (Å²) in [5.41, 5.74) is 0. The highest BCUT2D eigenvalue weighted by atomic mass is 79.9. The van der Waals surface area contributed by atoms with E-state index < -0.39 is 0 Å². The molecule has 0 aliphatic heterocycles. The van der Waals surface area contributed by atoms with Gasteiger partial charge in [-0.2, -0.15) is 0 Å². The van der Waals surface area contributed by atoms with Crippen molar-refractivity contribution in [2.45, 2.75) is 57.7 Å². The second kappa shape index (κ2) is 5.38. The summed E-state index contributed by atoms with van der Waals surface area (Å²) >= 11 is 3.65. The molecule has 1 rings (SSSR count). The Morgan fingerprint density at radius 3 is 2.15 bits per heavy atom. The quantitative estimate of drug-likeness (QED) is 0.638. The van der Waals surface area contributed by atoms with E-state index in [2.05, 4.69) is 36.7 Å². The summed E-state index contributed by atoms with van der Waals surface area (Å²) in [5, 5.41) is 0. The molecule has 0 radical (unpaired) electrons. The van der Waals surface area contributed by atoms with Crippen LogP contribution in [0.5, 0.6) is 0 Å². The maximum Gasteiger partial charge on any atom is 0.0120 e. The van der Waals surface area contributed by atoms with Gasteiger partial charge in [0.05, 0.1) is 0 Å².